The van der Waals surface area contributed by atoms with E-state index in [4.69, 9.17) is 9.47 Å². The summed E-state index contributed by atoms with van der Waals surface area (Å²) in [5.74, 6) is -0.627. The first kappa shape index (κ1) is 33.6. The van der Waals surface area contributed by atoms with Gasteiger partial charge in [-0.15, -0.1) is 0 Å². The minimum atomic E-state index is -1.01. The quantitative estimate of drug-likeness (QED) is 0.303. The van der Waals surface area contributed by atoms with Gasteiger partial charge in [0.2, 0.25) is 11.8 Å². The molecule has 0 radical (unpaired) electrons. The SMILES string of the molecule is CCCCNC(=O)[C@H](C)C[C@H](O)[C@H](CC(C)(C)CC(=O)N1CC(OC)Cc2ccccc21)NC(=O)OC(C)(C)C. The Morgan fingerprint density at radius 1 is 1.15 bits per heavy atom. The van der Waals surface area contributed by atoms with E-state index in [9.17, 15) is 19.5 Å². The molecule has 1 aliphatic heterocycles. The number of anilines is 1. The molecule has 1 aromatic rings. The number of carbonyl (C=O) groups excluding carboxylic acids is 3. The van der Waals surface area contributed by atoms with E-state index in [1.165, 1.54) is 0 Å². The van der Waals surface area contributed by atoms with Gasteiger partial charge >= 0.3 is 6.09 Å². The first-order valence-electron chi connectivity index (χ1n) is 14.5. The molecule has 4 atom stereocenters. The average molecular weight is 562 g/mol. The maximum Gasteiger partial charge on any atom is 0.407 e. The summed E-state index contributed by atoms with van der Waals surface area (Å²) in [5.41, 5.74) is 0.664. The van der Waals surface area contributed by atoms with Crippen LogP contribution in [0.1, 0.15) is 86.1 Å². The molecule has 1 heterocycles. The van der Waals surface area contributed by atoms with Crippen molar-refractivity contribution in [2.75, 3.05) is 25.1 Å². The maximum atomic E-state index is 13.6. The minimum Gasteiger partial charge on any atom is -0.444 e. The molecule has 1 unspecified atom stereocenters. The lowest BCUT2D eigenvalue weighted by molar-refractivity contribution is -0.125. The van der Waals surface area contributed by atoms with Crippen LogP contribution < -0.4 is 15.5 Å². The highest BCUT2D eigenvalue weighted by atomic mass is 16.6. The van der Waals surface area contributed by atoms with Gasteiger partial charge in [-0.05, 0) is 57.1 Å². The molecule has 0 fully saturated rings. The van der Waals surface area contributed by atoms with Gasteiger partial charge in [0.15, 0.2) is 0 Å². The normalized spacial score (nSPS) is 17.8. The van der Waals surface area contributed by atoms with Crippen molar-refractivity contribution in [1.82, 2.24) is 10.6 Å². The zero-order chi connectivity index (χ0) is 30.1. The Labute approximate surface area is 240 Å². The zero-order valence-electron chi connectivity index (χ0n) is 25.7. The topological polar surface area (TPSA) is 117 Å². The van der Waals surface area contributed by atoms with Gasteiger partial charge in [-0.1, -0.05) is 52.3 Å². The Morgan fingerprint density at radius 3 is 2.45 bits per heavy atom. The van der Waals surface area contributed by atoms with Crippen molar-refractivity contribution in [1.29, 1.82) is 0 Å². The third-order valence-electron chi connectivity index (χ3n) is 7.19. The lowest BCUT2D eigenvalue weighted by Gasteiger charge is -2.37. The third-order valence-corrected chi connectivity index (χ3v) is 7.19. The summed E-state index contributed by atoms with van der Waals surface area (Å²) >= 11 is 0. The van der Waals surface area contributed by atoms with Crippen molar-refractivity contribution < 1.29 is 29.0 Å². The number of fused-ring (bicyclic) bond motifs is 1. The smallest absolute Gasteiger partial charge is 0.407 e. The Kier molecular flexibility index (Phi) is 12.4. The molecule has 3 amide bonds. The summed E-state index contributed by atoms with van der Waals surface area (Å²) < 4.78 is 11.1. The number of unbranched alkanes of at least 4 members (excludes halogenated alkanes) is 1. The second-order valence-corrected chi connectivity index (χ2v) is 12.8. The Balaban J connectivity index is 2.17. The number of aliphatic hydroxyl groups excluding tert-OH is 1. The largest absolute Gasteiger partial charge is 0.444 e. The van der Waals surface area contributed by atoms with Gasteiger partial charge in [0.1, 0.15) is 5.60 Å². The molecule has 0 bridgehead atoms. The molecule has 0 aromatic heterocycles. The highest BCUT2D eigenvalue weighted by Gasteiger charge is 2.36. The van der Waals surface area contributed by atoms with Gasteiger partial charge < -0.3 is 30.1 Å². The highest BCUT2D eigenvalue weighted by molar-refractivity contribution is 5.95. The predicted molar refractivity (Wildman–Crippen MR) is 157 cm³/mol. The van der Waals surface area contributed by atoms with Crippen LogP contribution in [-0.4, -0.2) is 67.1 Å². The lowest BCUT2D eigenvalue weighted by atomic mass is 9.79. The van der Waals surface area contributed by atoms with Crippen LogP contribution in [-0.2, 0) is 25.5 Å². The number of benzene rings is 1. The van der Waals surface area contributed by atoms with E-state index in [1.54, 1.807) is 39.7 Å². The summed E-state index contributed by atoms with van der Waals surface area (Å²) in [6.07, 6.45) is 1.54. The summed E-state index contributed by atoms with van der Waals surface area (Å²) in [7, 11) is 1.66. The van der Waals surface area contributed by atoms with E-state index in [2.05, 4.69) is 17.6 Å². The number of hydrogen-bond donors (Lipinski definition) is 3. The molecular formula is C31H51N3O6. The number of methoxy groups -OCH3 is 1. The number of nitrogens with one attached hydrogen (secondary N) is 2. The van der Waals surface area contributed by atoms with Crippen LogP contribution in [0.2, 0.25) is 0 Å². The standard InChI is InChI=1S/C31H51N3O6/c1-9-10-15-32-28(37)21(2)16-26(35)24(33-29(38)40-30(3,4)5)18-31(6,7)19-27(36)34-20-23(39-8)17-22-13-11-12-14-25(22)34/h11-14,21,23-24,26,35H,9-10,15-20H2,1-8H3,(H,32,37)(H,33,38)/t21-,23?,24+,26+/m1/s1. The molecule has 9 heteroatoms. The molecule has 3 N–H and O–H groups in total. The van der Waals surface area contributed by atoms with E-state index in [1.807, 2.05) is 38.1 Å². The number of amides is 3. The molecular weight excluding hydrogens is 510 g/mol. The first-order chi connectivity index (χ1) is 18.7. The maximum absolute atomic E-state index is 13.6. The number of nitrogens with zero attached hydrogens (tertiary/aromatic N) is 1. The van der Waals surface area contributed by atoms with Gasteiger partial charge in [-0.25, -0.2) is 4.79 Å². The molecule has 0 saturated carbocycles. The number of rotatable bonds is 13. The number of hydrogen-bond acceptors (Lipinski definition) is 6. The van der Waals surface area contributed by atoms with Crippen LogP contribution in [0.3, 0.4) is 0 Å². The fourth-order valence-corrected chi connectivity index (χ4v) is 5.06. The average Bonchev–Trinajstić information content (AvgIpc) is 2.85. The molecule has 40 heavy (non-hydrogen) atoms. The van der Waals surface area contributed by atoms with Crippen molar-refractivity contribution in [3.63, 3.8) is 0 Å². The van der Waals surface area contributed by atoms with E-state index >= 15 is 0 Å². The van der Waals surface area contributed by atoms with Gasteiger partial charge in [-0.2, -0.15) is 0 Å². The molecule has 0 saturated heterocycles. The molecule has 9 nitrogen and oxygen atoms in total. The van der Waals surface area contributed by atoms with Crippen molar-refractivity contribution in [2.45, 2.75) is 111 Å². The first-order valence-corrected chi connectivity index (χ1v) is 14.5. The van der Waals surface area contributed by atoms with Crippen LogP contribution in [0, 0.1) is 11.3 Å². The number of carbonyl (C=O) groups is 3. The molecule has 1 aromatic carbocycles. The number of ether oxygens (including phenoxy) is 2. The summed E-state index contributed by atoms with van der Waals surface area (Å²) in [4.78, 5) is 40.7. The Bertz CT molecular complexity index is 990. The Morgan fingerprint density at radius 2 is 1.82 bits per heavy atom. The summed E-state index contributed by atoms with van der Waals surface area (Å²) in [6, 6.07) is 7.14. The molecule has 2 rings (SSSR count). The van der Waals surface area contributed by atoms with Crippen molar-refractivity contribution >= 4 is 23.6 Å². The van der Waals surface area contributed by atoms with E-state index < -0.39 is 35.2 Å². The second-order valence-electron chi connectivity index (χ2n) is 12.8. The van der Waals surface area contributed by atoms with Crippen LogP contribution in [0.25, 0.3) is 0 Å². The van der Waals surface area contributed by atoms with Crippen molar-refractivity contribution in [3.05, 3.63) is 29.8 Å². The van der Waals surface area contributed by atoms with Gasteiger partial charge in [0.05, 0.1) is 24.8 Å². The van der Waals surface area contributed by atoms with Crippen molar-refractivity contribution in [3.8, 4) is 0 Å². The lowest BCUT2D eigenvalue weighted by Crippen LogP contribution is -2.49. The van der Waals surface area contributed by atoms with Crippen molar-refractivity contribution in [2.24, 2.45) is 11.3 Å². The fraction of sp³-hybridized carbons (Fsp3) is 0.710. The monoisotopic (exact) mass is 561 g/mol. The van der Waals surface area contributed by atoms with Gasteiger partial charge in [-0.3, -0.25) is 9.59 Å². The Hall–Kier alpha value is -2.65. The molecule has 0 aliphatic carbocycles. The van der Waals surface area contributed by atoms with Crippen LogP contribution >= 0.6 is 0 Å². The third kappa shape index (κ3) is 10.7. The van der Waals surface area contributed by atoms with Crippen LogP contribution in [0.4, 0.5) is 10.5 Å². The fourth-order valence-electron chi connectivity index (χ4n) is 5.06. The van der Waals surface area contributed by atoms with E-state index in [0.29, 0.717) is 19.5 Å². The number of alkyl carbamates (subject to hydrolysis) is 1. The number of aliphatic hydroxyl groups is 1. The second kappa shape index (κ2) is 14.8. The molecule has 1 aliphatic rings. The summed E-state index contributed by atoms with van der Waals surface area (Å²) in [6.45, 7) is 14.1. The molecule has 0 spiro atoms. The van der Waals surface area contributed by atoms with Gasteiger partial charge in [0.25, 0.3) is 0 Å². The number of para-hydroxylation sites is 1. The summed E-state index contributed by atoms with van der Waals surface area (Å²) in [5, 5.41) is 17.0. The zero-order valence-corrected chi connectivity index (χ0v) is 25.7. The minimum absolute atomic E-state index is 0.0478. The van der Waals surface area contributed by atoms with E-state index in [0.717, 1.165) is 30.5 Å². The van der Waals surface area contributed by atoms with Crippen LogP contribution in [0.5, 0.6) is 0 Å². The predicted octanol–water partition coefficient (Wildman–Crippen LogP) is 4.59. The van der Waals surface area contributed by atoms with Crippen LogP contribution in [0.15, 0.2) is 24.3 Å². The highest BCUT2D eigenvalue weighted by Crippen LogP contribution is 2.34. The molecule has 226 valence electrons. The van der Waals surface area contributed by atoms with Gasteiger partial charge in [0, 0.05) is 38.1 Å². The van der Waals surface area contributed by atoms with E-state index in [-0.39, 0.29) is 30.8 Å².